The molecular weight excluding hydrogens is 202 g/mol. The summed E-state index contributed by atoms with van der Waals surface area (Å²) in [5.41, 5.74) is 3.54. The maximum absolute atomic E-state index is 10.4. The Hall–Kier alpha value is -1.35. The fraction of sp³-hybridized carbons (Fsp3) is 0.462. The SMILES string of the molecule is COc1cc(C)cc(C)c1CN(C)CC=O. The van der Waals surface area contributed by atoms with Crippen LogP contribution in [0.5, 0.6) is 5.75 Å². The molecule has 3 nitrogen and oxygen atoms in total. The fourth-order valence-corrected chi connectivity index (χ4v) is 1.80. The lowest BCUT2D eigenvalue weighted by Crippen LogP contribution is -2.20. The molecule has 16 heavy (non-hydrogen) atoms. The maximum atomic E-state index is 10.4. The third kappa shape index (κ3) is 3.07. The molecule has 0 fully saturated rings. The van der Waals surface area contributed by atoms with Crippen LogP contribution in [0.3, 0.4) is 0 Å². The lowest BCUT2D eigenvalue weighted by Gasteiger charge is -2.18. The van der Waals surface area contributed by atoms with Gasteiger partial charge in [-0.3, -0.25) is 4.90 Å². The van der Waals surface area contributed by atoms with Gasteiger partial charge < -0.3 is 9.53 Å². The van der Waals surface area contributed by atoms with Gasteiger partial charge in [0.25, 0.3) is 0 Å². The van der Waals surface area contributed by atoms with Gasteiger partial charge in [0.1, 0.15) is 12.0 Å². The van der Waals surface area contributed by atoms with Crippen LogP contribution in [-0.2, 0) is 11.3 Å². The Morgan fingerprint density at radius 2 is 2.06 bits per heavy atom. The van der Waals surface area contributed by atoms with Crippen molar-refractivity contribution < 1.29 is 9.53 Å². The summed E-state index contributed by atoms with van der Waals surface area (Å²) in [5.74, 6) is 0.898. The number of methoxy groups -OCH3 is 1. The standard InChI is InChI=1S/C13H19NO2/c1-10-7-11(2)12(13(8-10)16-4)9-14(3)5-6-15/h6-8H,5,9H2,1-4H3. The van der Waals surface area contributed by atoms with Gasteiger partial charge in [0.05, 0.1) is 13.7 Å². The number of rotatable bonds is 5. The monoisotopic (exact) mass is 221 g/mol. The fourth-order valence-electron chi connectivity index (χ4n) is 1.80. The van der Waals surface area contributed by atoms with E-state index in [1.54, 1.807) is 7.11 Å². The molecule has 88 valence electrons. The van der Waals surface area contributed by atoms with E-state index in [2.05, 4.69) is 19.9 Å². The Labute approximate surface area is 97.0 Å². The molecule has 0 saturated heterocycles. The molecule has 1 rings (SSSR count). The smallest absolute Gasteiger partial charge is 0.133 e. The van der Waals surface area contributed by atoms with Gasteiger partial charge >= 0.3 is 0 Å². The first-order chi connectivity index (χ1) is 7.58. The van der Waals surface area contributed by atoms with E-state index < -0.39 is 0 Å². The Morgan fingerprint density at radius 1 is 1.38 bits per heavy atom. The molecule has 1 aromatic carbocycles. The second kappa shape index (κ2) is 5.66. The van der Waals surface area contributed by atoms with E-state index in [1.165, 1.54) is 11.1 Å². The van der Waals surface area contributed by atoms with Gasteiger partial charge in [-0.25, -0.2) is 0 Å². The molecule has 0 heterocycles. The van der Waals surface area contributed by atoms with Crippen molar-refractivity contribution in [3.05, 3.63) is 28.8 Å². The van der Waals surface area contributed by atoms with Gasteiger partial charge in [-0.05, 0) is 38.1 Å². The van der Waals surface area contributed by atoms with Crippen molar-refractivity contribution in [1.82, 2.24) is 4.90 Å². The highest BCUT2D eigenvalue weighted by molar-refractivity contribution is 5.52. The van der Waals surface area contributed by atoms with Crippen LogP contribution < -0.4 is 4.74 Å². The van der Waals surface area contributed by atoms with Crippen molar-refractivity contribution in [2.45, 2.75) is 20.4 Å². The molecule has 0 aliphatic rings. The number of benzene rings is 1. The topological polar surface area (TPSA) is 29.5 Å². The van der Waals surface area contributed by atoms with E-state index in [0.717, 1.165) is 24.1 Å². The summed E-state index contributed by atoms with van der Waals surface area (Å²) >= 11 is 0. The van der Waals surface area contributed by atoms with Crippen molar-refractivity contribution in [3.63, 3.8) is 0 Å². The van der Waals surface area contributed by atoms with Crippen LogP contribution in [0.2, 0.25) is 0 Å². The Balaban J connectivity index is 2.97. The Morgan fingerprint density at radius 3 is 2.62 bits per heavy atom. The third-order valence-corrected chi connectivity index (χ3v) is 2.61. The first-order valence-electron chi connectivity index (χ1n) is 5.34. The van der Waals surface area contributed by atoms with Gasteiger partial charge in [-0.15, -0.1) is 0 Å². The van der Waals surface area contributed by atoms with Gasteiger partial charge in [-0.2, -0.15) is 0 Å². The van der Waals surface area contributed by atoms with Crippen LogP contribution in [0.25, 0.3) is 0 Å². The maximum Gasteiger partial charge on any atom is 0.133 e. The van der Waals surface area contributed by atoms with E-state index in [9.17, 15) is 4.79 Å². The van der Waals surface area contributed by atoms with Gasteiger partial charge in [0.2, 0.25) is 0 Å². The molecule has 0 unspecified atom stereocenters. The van der Waals surface area contributed by atoms with Gasteiger partial charge in [0, 0.05) is 12.1 Å². The molecule has 0 aliphatic heterocycles. The zero-order chi connectivity index (χ0) is 12.1. The van der Waals surface area contributed by atoms with Crippen LogP contribution >= 0.6 is 0 Å². The number of hydrogen-bond acceptors (Lipinski definition) is 3. The quantitative estimate of drug-likeness (QED) is 0.712. The first kappa shape index (κ1) is 12.7. The summed E-state index contributed by atoms with van der Waals surface area (Å²) in [5, 5.41) is 0. The largest absolute Gasteiger partial charge is 0.496 e. The highest BCUT2D eigenvalue weighted by Gasteiger charge is 2.09. The van der Waals surface area contributed by atoms with E-state index in [4.69, 9.17) is 4.74 Å². The molecule has 0 atom stereocenters. The van der Waals surface area contributed by atoms with Crippen molar-refractivity contribution in [1.29, 1.82) is 0 Å². The van der Waals surface area contributed by atoms with Crippen LogP contribution in [0.4, 0.5) is 0 Å². The highest BCUT2D eigenvalue weighted by Crippen LogP contribution is 2.25. The lowest BCUT2D eigenvalue weighted by atomic mass is 10.0. The molecule has 0 bridgehead atoms. The summed E-state index contributed by atoms with van der Waals surface area (Å²) in [6.45, 7) is 5.29. The van der Waals surface area contributed by atoms with Crippen LogP contribution in [0.15, 0.2) is 12.1 Å². The van der Waals surface area contributed by atoms with E-state index >= 15 is 0 Å². The third-order valence-electron chi connectivity index (χ3n) is 2.61. The van der Waals surface area contributed by atoms with Crippen LogP contribution in [0, 0.1) is 13.8 Å². The predicted molar refractivity (Wildman–Crippen MR) is 64.9 cm³/mol. The average Bonchev–Trinajstić information content (AvgIpc) is 2.22. The minimum Gasteiger partial charge on any atom is -0.496 e. The molecule has 3 heteroatoms. The normalized spacial score (nSPS) is 10.6. The summed E-state index contributed by atoms with van der Waals surface area (Å²) < 4.78 is 5.37. The molecule has 0 N–H and O–H groups in total. The summed E-state index contributed by atoms with van der Waals surface area (Å²) in [6, 6.07) is 4.16. The molecule has 1 aromatic rings. The van der Waals surface area contributed by atoms with Crippen LogP contribution in [0.1, 0.15) is 16.7 Å². The average molecular weight is 221 g/mol. The summed E-state index contributed by atoms with van der Waals surface area (Å²) in [4.78, 5) is 12.4. The molecule has 0 radical (unpaired) electrons. The number of carbonyl (C=O) groups is 1. The van der Waals surface area contributed by atoms with Crippen LogP contribution in [-0.4, -0.2) is 31.9 Å². The second-order valence-corrected chi connectivity index (χ2v) is 4.13. The highest BCUT2D eigenvalue weighted by atomic mass is 16.5. The number of nitrogens with zero attached hydrogens (tertiary/aromatic N) is 1. The number of aldehydes is 1. The zero-order valence-corrected chi connectivity index (χ0v) is 10.4. The predicted octanol–water partition coefficient (Wildman–Crippen LogP) is 1.94. The molecule has 0 amide bonds. The van der Waals surface area contributed by atoms with Gasteiger partial charge in [0.15, 0.2) is 0 Å². The summed E-state index contributed by atoms with van der Waals surface area (Å²) in [6.07, 6.45) is 0.913. The number of ether oxygens (including phenoxy) is 1. The number of aryl methyl sites for hydroxylation is 2. The molecule has 0 aromatic heterocycles. The van der Waals surface area contributed by atoms with Crippen molar-refractivity contribution in [3.8, 4) is 5.75 Å². The Bertz CT molecular complexity index is 374. The lowest BCUT2D eigenvalue weighted by molar-refractivity contribution is -0.108. The minimum atomic E-state index is 0.441. The van der Waals surface area contributed by atoms with Crippen molar-refractivity contribution in [2.24, 2.45) is 0 Å². The molecule has 0 aliphatic carbocycles. The molecular formula is C13H19NO2. The minimum absolute atomic E-state index is 0.441. The number of carbonyl (C=O) groups excluding carboxylic acids is 1. The zero-order valence-electron chi connectivity index (χ0n) is 10.4. The van der Waals surface area contributed by atoms with E-state index in [1.807, 2.05) is 18.0 Å². The number of likely N-dealkylation sites (N-methyl/N-ethyl adjacent to an activating group) is 1. The van der Waals surface area contributed by atoms with Gasteiger partial charge in [-0.1, -0.05) is 6.07 Å². The van der Waals surface area contributed by atoms with Crippen molar-refractivity contribution >= 4 is 6.29 Å². The van der Waals surface area contributed by atoms with Crippen molar-refractivity contribution in [2.75, 3.05) is 20.7 Å². The number of hydrogen-bond donors (Lipinski definition) is 0. The molecule has 0 saturated carbocycles. The van der Waals surface area contributed by atoms with E-state index in [0.29, 0.717) is 6.54 Å². The first-order valence-corrected chi connectivity index (χ1v) is 5.34. The summed E-state index contributed by atoms with van der Waals surface area (Å²) in [7, 11) is 3.60. The Kier molecular flexibility index (Phi) is 4.50. The second-order valence-electron chi connectivity index (χ2n) is 4.13. The van der Waals surface area contributed by atoms with E-state index in [-0.39, 0.29) is 0 Å². The molecule has 0 spiro atoms.